The van der Waals surface area contributed by atoms with Gasteiger partial charge in [0.05, 0.1) is 0 Å². The predicted molar refractivity (Wildman–Crippen MR) is 130 cm³/mol. The Labute approximate surface area is 200 Å². The van der Waals surface area contributed by atoms with E-state index in [1.807, 2.05) is 19.1 Å². The topological polar surface area (TPSA) is 81.8 Å². The summed E-state index contributed by atoms with van der Waals surface area (Å²) in [4.78, 5) is 41.5. The smallest absolute Gasteiger partial charge is 0.325 e. The first-order chi connectivity index (χ1) is 16.5. The van der Waals surface area contributed by atoms with Gasteiger partial charge in [-0.25, -0.2) is 4.79 Å². The summed E-state index contributed by atoms with van der Waals surface area (Å²) in [6, 6.07) is 16.3. The zero-order valence-corrected chi connectivity index (χ0v) is 19.7. The van der Waals surface area contributed by atoms with Crippen LogP contribution in [0.1, 0.15) is 49.3 Å². The van der Waals surface area contributed by atoms with E-state index in [1.54, 1.807) is 0 Å². The molecule has 2 atom stereocenters. The highest BCUT2D eigenvalue weighted by molar-refractivity contribution is 6.09. The fraction of sp³-hybridized carbons (Fsp3) is 0.444. The minimum atomic E-state index is -0.832. The van der Waals surface area contributed by atoms with E-state index in [4.69, 9.17) is 0 Å². The minimum Gasteiger partial charge on any atom is -0.367 e. The lowest BCUT2D eigenvalue weighted by Gasteiger charge is -2.36. The predicted octanol–water partition coefficient (Wildman–Crippen LogP) is 3.37. The number of benzene rings is 2. The molecular weight excluding hydrogens is 428 g/mol. The molecule has 2 unspecified atom stereocenters. The number of fused-ring (bicyclic) bond motifs is 1. The average Bonchev–Trinajstić information content (AvgIpc) is 3.35. The number of urea groups is 1. The fourth-order valence-corrected chi connectivity index (χ4v) is 5.59. The molecule has 0 aromatic heterocycles. The van der Waals surface area contributed by atoms with Gasteiger partial charge in [0.1, 0.15) is 12.1 Å². The number of rotatable bonds is 6. The van der Waals surface area contributed by atoms with Crippen LogP contribution in [-0.2, 0) is 29.1 Å². The van der Waals surface area contributed by atoms with Gasteiger partial charge in [0.25, 0.3) is 5.91 Å². The Balaban J connectivity index is 1.13. The van der Waals surface area contributed by atoms with Crippen molar-refractivity contribution >= 4 is 23.5 Å². The van der Waals surface area contributed by atoms with Crippen molar-refractivity contribution in [3.8, 4) is 0 Å². The molecule has 0 radical (unpaired) electrons. The summed E-state index contributed by atoms with van der Waals surface area (Å²) in [5, 5.41) is 5.75. The average molecular weight is 461 g/mol. The van der Waals surface area contributed by atoms with Gasteiger partial charge in [-0.3, -0.25) is 14.5 Å². The Morgan fingerprint density at radius 1 is 1.09 bits per heavy atom. The highest BCUT2D eigenvalue weighted by Gasteiger charge is 2.55. The van der Waals surface area contributed by atoms with Gasteiger partial charge >= 0.3 is 6.03 Å². The van der Waals surface area contributed by atoms with Crippen LogP contribution in [0.5, 0.6) is 0 Å². The summed E-state index contributed by atoms with van der Waals surface area (Å²) in [5.41, 5.74) is 4.08. The summed E-state index contributed by atoms with van der Waals surface area (Å²) >= 11 is 0. The number of carbonyl (C=O) groups excluding carboxylic acids is 3. The van der Waals surface area contributed by atoms with Crippen LogP contribution < -0.4 is 15.5 Å². The first kappa shape index (κ1) is 22.4. The van der Waals surface area contributed by atoms with Crippen molar-refractivity contribution in [2.24, 2.45) is 5.92 Å². The standard InChI is InChI=1S/C27H32N4O3/c1-19-6-4-5-14-27(19)25(33)31(26(34)29-27)18-24(32)28-16-20-9-11-21(12-10-20)17-30-15-13-22-7-2-3-8-23(22)30/h2-3,7-12,19H,4-6,13-18H2,1H3,(H,28,32)(H,29,34). The number of nitrogens with one attached hydrogen (secondary N) is 2. The third-order valence-electron chi connectivity index (χ3n) is 7.67. The third-order valence-corrected chi connectivity index (χ3v) is 7.67. The van der Waals surface area contributed by atoms with Gasteiger partial charge in [-0.05, 0) is 47.9 Å². The monoisotopic (exact) mass is 460 g/mol. The molecule has 2 fully saturated rings. The number of para-hydroxylation sites is 1. The molecule has 3 aliphatic rings. The number of amides is 4. The van der Waals surface area contributed by atoms with Crippen LogP contribution >= 0.6 is 0 Å². The van der Waals surface area contributed by atoms with Crippen molar-refractivity contribution in [1.29, 1.82) is 0 Å². The quantitative estimate of drug-likeness (QED) is 0.648. The van der Waals surface area contributed by atoms with Crippen molar-refractivity contribution in [3.63, 3.8) is 0 Å². The highest BCUT2D eigenvalue weighted by atomic mass is 16.2. The zero-order valence-electron chi connectivity index (χ0n) is 19.7. The first-order valence-corrected chi connectivity index (χ1v) is 12.3. The van der Waals surface area contributed by atoms with Crippen LogP contribution in [0.3, 0.4) is 0 Å². The third kappa shape index (κ3) is 4.15. The van der Waals surface area contributed by atoms with E-state index in [9.17, 15) is 14.4 Å². The summed E-state index contributed by atoms with van der Waals surface area (Å²) in [6.07, 6.45) is 4.61. The van der Waals surface area contributed by atoms with Gasteiger partial charge in [-0.15, -0.1) is 0 Å². The van der Waals surface area contributed by atoms with Gasteiger partial charge in [0.2, 0.25) is 5.91 Å². The molecule has 2 aromatic carbocycles. The molecule has 34 heavy (non-hydrogen) atoms. The summed E-state index contributed by atoms with van der Waals surface area (Å²) < 4.78 is 0. The number of nitrogens with zero attached hydrogens (tertiary/aromatic N) is 2. The van der Waals surface area contributed by atoms with Gasteiger partial charge in [0.15, 0.2) is 0 Å². The molecule has 7 nitrogen and oxygen atoms in total. The second-order valence-electron chi connectivity index (χ2n) is 9.83. The number of hydrogen-bond donors (Lipinski definition) is 2. The number of carbonyl (C=O) groups is 3. The number of imide groups is 1. The Bertz CT molecular complexity index is 1100. The van der Waals surface area contributed by atoms with E-state index in [-0.39, 0.29) is 24.3 Å². The summed E-state index contributed by atoms with van der Waals surface area (Å²) in [7, 11) is 0. The van der Waals surface area contributed by atoms with Crippen LogP contribution in [0.15, 0.2) is 48.5 Å². The van der Waals surface area contributed by atoms with Gasteiger partial charge in [-0.1, -0.05) is 62.2 Å². The van der Waals surface area contributed by atoms with Crippen LogP contribution in [0.2, 0.25) is 0 Å². The minimum absolute atomic E-state index is 0.0818. The number of hydrogen-bond acceptors (Lipinski definition) is 4. The molecular formula is C27H32N4O3. The van der Waals surface area contributed by atoms with E-state index < -0.39 is 11.6 Å². The molecule has 5 rings (SSSR count). The molecule has 1 aliphatic carbocycles. The maximum Gasteiger partial charge on any atom is 0.325 e. The van der Waals surface area contributed by atoms with Gasteiger partial charge in [-0.2, -0.15) is 0 Å². The molecule has 2 N–H and O–H groups in total. The Hall–Kier alpha value is -3.35. The molecule has 7 heteroatoms. The van der Waals surface area contributed by atoms with Crippen molar-refractivity contribution < 1.29 is 14.4 Å². The molecule has 2 heterocycles. The van der Waals surface area contributed by atoms with Gasteiger partial charge in [0, 0.05) is 25.3 Å². The van der Waals surface area contributed by atoms with Crippen molar-refractivity contribution in [1.82, 2.24) is 15.5 Å². The van der Waals surface area contributed by atoms with Crippen LogP contribution in [0.25, 0.3) is 0 Å². The van der Waals surface area contributed by atoms with E-state index in [2.05, 4.69) is 51.9 Å². The Morgan fingerprint density at radius 2 is 1.85 bits per heavy atom. The van der Waals surface area contributed by atoms with E-state index in [1.165, 1.54) is 16.8 Å². The summed E-state index contributed by atoms with van der Waals surface area (Å²) in [5.74, 6) is -0.507. The van der Waals surface area contributed by atoms with Gasteiger partial charge < -0.3 is 15.5 Å². The van der Waals surface area contributed by atoms with E-state index in [0.717, 1.165) is 49.2 Å². The zero-order chi connectivity index (χ0) is 23.7. The van der Waals surface area contributed by atoms with Crippen LogP contribution in [-0.4, -0.2) is 41.4 Å². The first-order valence-electron chi connectivity index (χ1n) is 12.3. The van der Waals surface area contributed by atoms with E-state index >= 15 is 0 Å². The van der Waals surface area contributed by atoms with Crippen molar-refractivity contribution in [3.05, 3.63) is 65.2 Å². The molecule has 2 aliphatic heterocycles. The normalized spacial score (nSPS) is 23.9. The highest BCUT2D eigenvalue weighted by Crippen LogP contribution is 2.38. The van der Waals surface area contributed by atoms with Crippen molar-refractivity contribution in [2.45, 2.75) is 57.7 Å². The van der Waals surface area contributed by atoms with Crippen LogP contribution in [0.4, 0.5) is 10.5 Å². The maximum absolute atomic E-state index is 13.0. The molecule has 178 valence electrons. The fourth-order valence-electron chi connectivity index (χ4n) is 5.59. The molecule has 1 saturated heterocycles. The molecule has 1 saturated carbocycles. The van der Waals surface area contributed by atoms with E-state index in [0.29, 0.717) is 13.0 Å². The summed E-state index contributed by atoms with van der Waals surface area (Å²) in [6.45, 7) is 4.01. The second kappa shape index (κ2) is 9.12. The number of anilines is 1. The largest absolute Gasteiger partial charge is 0.367 e. The molecule has 4 amide bonds. The second-order valence-corrected chi connectivity index (χ2v) is 9.83. The SMILES string of the molecule is CC1CCCCC12NC(=O)N(CC(=O)NCc1ccc(CN3CCc4ccccc43)cc1)C2=O. The molecule has 2 aromatic rings. The van der Waals surface area contributed by atoms with Crippen molar-refractivity contribution in [2.75, 3.05) is 18.0 Å². The lowest BCUT2D eigenvalue weighted by molar-refractivity contribution is -0.137. The molecule has 0 bridgehead atoms. The Morgan fingerprint density at radius 3 is 2.65 bits per heavy atom. The maximum atomic E-state index is 13.0. The van der Waals surface area contributed by atoms with Crippen LogP contribution in [0, 0.1) is 5.92 Å². The lowest BCUT2D eigenvalue weighted by Crippen LogP contribution is -2.54. The lowest BCUT2D eigenvalue weighted by atomic mass is 9.73. The molecule has 1 spiro atoms. The Kier molecular flexibility index (Phi) is 6.02.